The number of carbonyl (C=O) groups excluding carboxylic acids is 1. The molecule has 0 saturated heterocycles. The molecule has 0 fully saturated rings. The van der Waals surface area contributed by atoms with Gasteiger partial charge in [-0.25, -0.2) is 9.79 Å². The van der Waals surface area contributed by atoms with Crippen molar-refractivity contribution in [2.24, 2.45) is 4.99 Å². The normalized spacial score (nSPS) is 15.1. The molecule has 1 aliphatic heterocycles. The van der Waals surface area contributed by atoms with Crippen LogP contribution >= 0.6 is 34.5 Å². The lowest BCUT2D eigenvalue weighted by Gasteiger charge is -2.24. The first-order chi connectivity index (χ1) is 18.9. The molecule has 1 aromatic heterocycles. The van der Waals surface area contributed by atoms with Gasteiger partial charge >= 0.3 is 5.97 Å². The summed E-state index contributed by atoms with van der Waals surface area (Å²) in [6.45, 7) is 3.98. The van der Waals surface area contributed by atoms with Crippen LogP contribution < -0.4 is 19.6 Å². The molecule has 0 saturated carbocycles. The summed E-state index contributed by atoms with van der Waals surface area (Å²) in [6.07, 6.45) is 1.79. The van der Waals surface area contributed by atoms with Crippen molar-refractivity contribution in [1.82, 2.24) is 4.57 Å². The highest BCUT2D eigenvalue weighted by Gasteiger charge is 2.33. The number of aromatic nitrogens is 1. The van der Waals surface area contributed by atoms with Crippen molar-refractivity contribution in [2.45, 2.75) is 26.5 Å². The smallest absolute Gasteiger partial charge is 0.338 e. The third kappa shape index (κ3) is 5.57. The summed E-state index contributed by atoms with van der Waals surface area (Å²) in [5, 5.41) is 1.07. The lowest BCUT2D eigenvalue weighted by Crippen LogP contribution is -2.39. The zero-order valence-corrected chi connectivity index (χ0v) is 23.5. The molecule has 3 aromatic carbocycles. The third-order valence-corrected chi connectivity index (χ3v) is 7.81. The Morgan fingerprint density at radius 3 is 2.56 bits per heavy atom. The first-order valence-corrected chi connectivity index (χ1v) is 13.8. The third-order valence-electron chi connectivity index (χ3n) is 6.24. The molecule has 0 radical (unpaired) electrons. The molecular formula is C30H24Cl2N2O4S. The van der Waals surface area contributed by atoms with Crippen LogP contribution in [-0.2, 0) is 16.1 Å². The van der Waals surface area contributed by atoms with Gasteiger partial charge in [0.05, 0.1) is 28.5 Å². The lowest BCUT2D eigenvalue weighted by atomic mass is 9.96. The zero-order chi connectivity index (χ0) is 27.5. The van der Waals surface area contributed by atoms with E-state index in [-0.39, 0.29) is 18.8 Å². The monoisotopic (exact) mass is 578 g/mol. The molecular weight excluding hydrogens is 555 g/mol. The van der Waals surface area contributed by atoms with Crippen LogP contribution in [0.2, 0.25) is 10.0 Å². The van der Waals surface area contributed by atoms with Gasteiger partial charge in [0.25, 0.3) is 5.56 Å². The summed E-state index contributed by atoms with van der Waals surface area (Å²) in [6, 6.07) is 21.5. The van der Waals surface area contributed by atoms with E-state index < -0.39 is 12.0 Å². The molecule has 5 rings (SSSR count). The van der Waals surface area contributed by atoms with E-state index >= 15 is 0 Å². The summed E-state index contributed by atoms with van der Waals surface area (Å²) >= 11 is 13.6. The number of nitrogens with zero attached hydrogens (tertiary/aromatic N) is 2. The summed E-state index contributed by atoms with van der Waals surface area (Å²) < 4.78 is 13.5. The number of esters is 1. The molecule has 0 unspecified atom stereocenters. The van der Waals surface area contributed by atoms with Gasteiger partial charge in [-0.2, -0.15) is 0 Å². The number of benzene rings is 3. The summed E-state index contributed by atoms with van der Waals surface area (Å²) in [5.74, 6) is 0.110. The number of rotatable bonds is 7. The SMILES string of the molecule is CCOC(=O)C1=C(C)N=c2s/c(=C\c3ccccc3OCc3ccc(Cl)cc3Cl)c(=O)n2[C@@H]1c1ccccc1. The van der Waals surface area contributed by atoms with Gasteiger partial charge in [0.15, 0.2) is 4.80 Å². The van der Waals surface area contributed by atoms with Gasteiger partial charge in [0.2, 0.25) is 0 Å². The Balaban J connectivity index is 1.58. The van der Waals surface area contributed by atoms with Crippen molar-refractivity contribution >= 4 is 46.6 Å². The number of thiazole rings is 1. The number of carbonyl (C=O) groups is 1. The first kappa shape index (κ1) is 26.9. The number of hydrogen-bond acceptors (Lipinski definition) is 6. The van der Waals surface area contributed by atoms with Crippen LogP contribution in [0.5, 0.6) is 5.75 Å². The van der Waals surface area contributed by atoms with Gasteiger partial charge in [-0.15, -0.1) is 0 Å². The average Bonchev–Trinajstić information content (AvgIpc) is 3.22. The molecule has 0 bridgehead atoms. The van der Waals surface area contributed by atoms with Crippen molar-refractivity contribution in [3.63, 3.8) is 0 Å². The van der Waals surface area contributed by atoms with Crippen molar-refractivity contribution in [1.29, 1.82) is 0 Å². The number of hydrogen-bond donors (Lipinski definition) is 0. The molecule has 9 heteroatoms. The van der Waals surface area contributed by atoms with Gasteiger partial charge in [-0.1, -0.05) is 89.1 Å². The van der Waals surface area contributed by atoms with E-state index in [1.54, 1.807) is 36.6 Å². The van der Waals surface area contributed by atoms with Crippen molar-refractivity contribution in [3.05, 3.63) is 130 Å². The van der Waals surface area contributed by atoms with Gasteiger partial charge in [-0.05, 0) is 43.7 Å². The molecule has 6 nitrogen and oxygen atoms in total. The Morgan fingerprint density at radius 2 is 1.82 bits per heavy atom. The highest BCUT2D eigenvalue weighted by Crippen LogP contribution is 2.30. The van der Waals surface area contributed by atoms with Gasteiger partial charge < -0.3 is 9.47 Å². The quantitative estimate of drug-likeness (QED) is 0.264. The first-order valence-electron chi connectivity index (χ1n) is 12.3. The second-order valence-electron chi connectivity index (χ2n) is 8.78. The fourth-order valence-electron chi connectivity index (χ4n) is 4.41. The van der Waals surface area contributed by atoms with Crippen molar-refractivity contribution in [3.8, 4) is 5.75 Å². The summed E-state index contributed by atoms with van der Waals surface area (Å²) in [4.78, 5) is 32.0. The van der Waals surface area contributed by atoms with E-state index in [1.165, 1.54) is 11.3 Å². The minimum atomic E-state index is -0.651. The maximum absolute atomic E-state index is 13.8. The second kappa shape index (κ2) is 11.6. The Kier molecular flexibility index (Phi) is 8.02. The van der Waals surface area contributed by atoms with Crippen LogP contribution in [0.4, 0.5) is 0 Å². The molecule has 2 heterocycles. The fraction of sp³-hybridized carbons (Fsp3) is 0.167. The maximum atomic E-state index is 13.8. The number of ether oxygens (including phenoxy) is 2. The van der Waals surface area contributed by atoms with Crippen LogP contribution in [0.25, 0.3) is 6.08 Å². The number of fused-ring (bicyclic) bond motifs is 1. The number of halogens is 2. The maximum Gasteiger partial charge on any atom is 0.338 e. The minimum absolute atomic E-state index is 0.222. The molecule has 0 aliphatic carbocycles. The Bertz CT molecular complexity index is 1760. The molecule has 1 atom stereocenters. The van der Waals surface area contributed by atoms with Crippen LogP contribution in [0.3, 0.4) is 0 Å². The molecule has 0 N–H and O–H groups in total. The number of para-hydroxylation sites is 1. The zero-order valence-electron chi connectivity index (χ0n) is 21.2. The van der Waals surface area contributed by atoms with Gasteiger partial charge in [0, 0.05) is 21.2 Å². The van der Waals surface area contributed by atoms with Crippen molar-refractivity contribution < 1.29 is 14.3 Å². The molecule has 1 aliphatic rings. The minimum Gasteiger partial charge on any atom is -0.488 e. The van der Waals surface area contributed by atoms with Crippen LogP contribution in [0, 0.1) is 0 Å². The van der Waals surface area contributed by atoms with Gasteiger partial charge in [-0.3, -0.25) is 9.36 Å². The Hall–Kier alpha value is -3.65. The Morgan fingerprint density at radius 1 is 1.08 bits per heavy atom. The molecule has 4 aromatic rings. The van der Waals surface area contributed by atoms with Crippen LogP contribution in [0.15, 0.2) is 93.9 Å². The lowest BCUT2D eigenvalue weighted by molar-refractivity contribution is -0.139. The highest BCUT2D eigenvalue weighted by molar-refractivity contribution is 7.07. The molecule has 39 heavy (non-hydrogen) atoms. The summed E-state index contributed by atoms with van der Waals surface area (Å²) in [7, 11) is 0. The van der Waals surface area contributed by atoms with E-state index in [1.807, 2.05) is 60.7 Å². The largest absolute Gasteiger partial charge is 0.488 e. The average molecular weight is 580 g/mol. The van der Waals surface area contributed by atoms with E-state index in [2.05, 4.69) is 4.99 Å². The molecule has 0 amide bonds. The topological polar surface area (TPSA) is 69.9 Å². The van der Waals surface area contributed by atoms with Crippen molar-refractivity contribution in [2.75, 3.05) is 6.61 Å². The van der Waals surface area contributed by atoms with Gasteiger partial charge in [0.1, 0.15) is 12.4 Å². The van der Waals surface area contributed by atoms with E-state index in [4.69, 9.17) is 32.7 Å². The summed E-state index contributed by atoms with van der Waals surface area (Å²) in [5.41, 5.74) is 2.94. The second-order valence-corrected chi connectivity index (χ2v) is 10.6. The molecule has 198 valence electrons. The van der Waals surface area contributed by atoms with Crippen LogP contribution in [-0.4, -0.2) is 17.1 Å². The van der Waals surface area contributed by atoms with E-state index in [0.29, 0.717) is 36.4 Å². The molecule has 0 spiro atoms. The number of allylic oxidation sites excluding steroid dienone is 1. The predicted octanol–water partition coefficient (Wildman–Crippen LogP) is 5.68. The standard InChI is InChI=1S/C30H24Cl2N2O4S/c1-3-37-29(36)26-18(2)33-30-34(27(26)19-9-5-4-6-10-19)28(35)25(39-30)15-20-11-7-8-12-24(20)38-17-21-13-14-22(31)16-23(21)32/h4-16,27H,3,17H2,1-2H3/b25-15-/t27-/m1/s1. The van der Waals surface area contributed by atoms with Crippen LogP contribution in [0.1, 0.15) is 36.6 Å². The fourth-order valence-corrected chi connectivity index (χ4v) is 5.91. The highest BCUT2D eigenvalue weighted by atomic mass is 35.5. The van der Waals surface area contributed by atoms with E-state index in [0.717, 1.165) is 16.7 Å². The van der Waals surface area contributed by atoms with E-state index in [9.17, 15) is 9.59 Å². The predicted molar refractivity (Wildman–Crippen MR) is 154 cm³/mol. The Labute approximate surface area is 239 Å².